The van der Waals surface area contributed by atoms with Gasteiger partial charge in [0.05, 0.1) is 0 Å². The van der Waals surface area contributed by atoms with Crippen molar-refractivity contribution in [1.29, 1.82) is 0 Å². The third-order valence-corrected chi connectivity index (χ3v) is 2.49. The molecule has 0 atom stereocenters. The number of halogens is 2. The summed E-state index contributed by atoms with van der Waals surface area (Å²) in [5.41, 5.74) is 1.24. The highest BCUT2D eigenvalue weighted by atomic mass is 19.2. The smallest absolute Gasteiger partial charge is 0.224 e. The lowest BCUT2D eigenvalue weighted by Crippen LogP contribution is -2.05. The summed E-state index contributed by atoms with van der Waals surface area (Å²) in [5.74, 6) is -0.739. The van der Waals surface area contributed by atoms with E-state index in [9.17, 15) is 8.78 Å². The van der Waals surface area contributed by atoms with Crippen LogP contribution in [0.1, 0.15) is 12.5 Å². The summed E-state index contributed by atoms with van der Waals surface area (Å²) in [4.78, 5) is 8.37. The van der Waals surface area contributed by atoms with E-state index in [4.69, 9.17) is 0 Å². The number of aromatic nitrogens is 2. The van der Waals surface area contributed by atoms with E-state index >= 15 is 0 Å². The maximum atomic E-state index is 13.1. The lowest BCUT2D eigenvalue weighted by atomic mass is 10.3. The second kappa shape index (κ2) is 5.60. The average Bonchev–Trinajstić information content (AvgIpc) is 2.38. The van der Waals surface area contributed by atoms with Crippen molar-refractivity contribution in [3.8, 4) is 0 Å². The molecule has 0 unspecified atom stereocenters. The summed E-state index contributed by atoms with van der Waals surface area (Å²) < 4.78 is 26.0. The van der Waals surface area contributed by atoms with E-state index in [-0.39, 0.29) is 0 Å². The molecule has 2 N–H and O–H groups in total. The fourth-order valence-corrected chi connectivity index (χ4v) is 1.52. The van der Waals surface area contributed by atoms with Gasteiger partial charge in [-0.25, -0.2) is 13.8 Å². The Morgan fingerprint density at radius 1 is 1.21 bits per heavy atom. The number of nitrogens with zero attached hydrogens (tertiary/aromatic N) is 2. The van der Waals surface area contributed by atoms with Gasteiger partial charge < -0.3 is 10.6 Å². The third kappa shape index (κ3) is 3.15. The Bertz CT molecular complexity index is 587. The van der Waals surface area contributed by atoms with Crippen LogP contribution in [0, 0.1) is 18.6 Å². The molecule has 0 aliphatic rings. The summed E-state index contributed by atoms with van der Waals surface area (Å²) in [5, 5.41) is 5.93. The third-order valence-electron chi connectivity index (χ3n) is 2.49. The zero-order valence-corrected chi connectivity index (χ0v) is 10.7. The minimum Gasteiger partial charge on any atom is -0.354 e. The maximum absolute atomic E-state index is 13.1. The molecule has 0 amide bonds. The molecule has 0 radical (unpaired) electrons. The fourth-order valence-electron chi connectivity index (χ4n) is 1.52. The lowest BCUT2D eigenvalue weighted by molar-refractivity contribution is 0.509. The molecule has 19 heavy (non-hydrogen) atoms. The maximum Gasteiger partial charge on any atom is 0.224 e. The van der Waals surface area contributed by atoms with Crippen LogP contribution in [0.5, 0.6) is 0 Å². The summed E-state index contributed by atoms with van der Waals surface area (Å²) in [6.07, 6.45) is 1.66. The highest BCUT2D eigenvalue weighted by Crippen LogP contribution is 2.20. The average molecular weight is 264 g/mol. The highest BCUT2D eigenvalue weighted by molar-refractivity contribution is 5.59. The standard InChI is InChI=1S/C13H14F2N4/c1-3-16-13-17-7-8(2)12(19-13)18-9-4-5-10(14)11(15)6-9/h4-7H,3H2,1-2H3,(H2,16,17,18,19). The Hall–Kier alpha value is -2.24. The molecule has 0 saturated heterocycles. The summed E-state index contributed by atoms with van der Waals surface area (Å²) in [6, 6.07) is 3.61. The first-order chi connectivity index (χ1) is 9.10. The predicted molar refractivity (Wildman–Crippen MR) is 70.6 cm³/mol. The predicted octanol–water partition coefficient (Wildman–Crippen LogP) is 3.24. The van der Waals surface area contributed by atoms with Crippen LogP contribution in [-0.2, 0) is 0 Å². The Labute approximate surface area is 109 Å². The fraction of sp³-hybridized carbons (Fsp3) is 0.231. The van der Waals surface area contributed by atoms with Gasteiger partial charge in [-0.1, -0.05) is 0 Å². The van der Waals surface area contributed by atoms with E-state index in [2.05, 4.69) is 20.6 Å². The molecule has 6 heteroatoms. The van der Waals surface area contributed by atoms with Gasteiger partial charge in [0.2, 0.25) is 5.95 Å². The molecule has 4 nitrogen and oxygen atoms in total. The Kier molecular flexibility index (Phi) is 3.89. The Morgan fingerprint density at radius 3 is 2.68 bits per heavy atom. The zero-order valence-electron chi connectivity index (χ0n) is 10.7. The number of rotatable bonds is 4. The van der Waals surface area contributed by atoms with Gasteiger partial charge >= 0.3 is 0 Å². The van der Waals surface area contributed by atoms with Crippen LogP contribution >= 0.6 is 0 Å². The first kappa shape index (κ1) is 13.2. The second-order valence-corrected chi connectivity index (χ2v) is 4.01. The molecule has 1 aromatic carbocycles. The first-order valence-electron chi connectivity index (χ1n) is 5.89. The van der Waals surface area contributed by atoms with E-state index in [1.54, 1.807) is 6.20 Å². The molecule has 1 aromatic heterocycles. The molecule has 0 saturated carbocycles. The van der Waals surface area contributed by atoms with Gasteiger partial charge in [0.1, 0.15) is 5.82 Å². The Morgan fingerprint density at radius 2 is 2.00 bits per heavy atom. The van der Waals surface area contributed by atoms with E-state index in [1.807, 2.05) is 13.8 Å². The van der Waals surface area contributed by atoms with Crippen molar-refractivity contribution in [1.82, 2.24) is 9.97 Å². The first-order valence-corrected chi connectivity index (χ1v) is 5.89. The highest BCUT2D eigenvalue weighted by Gasteiger charge is 2.06. The van der Waals surface area contributed by atoms with Gasteiger partial charge in [0, 0.05) is 30.1 Å². The van der Waals surface area contributed by atoms with Crippen molar-refractivity contribution in [2.75, 3.05) is 17.2 Å². The summed E-state index contributed by atoms with van der Waals surface area (Å²) in [6.45, 7) is 4.47. The summed E-state index contributed by atoms with van der Waals surface area (Å²) in [7, 11) is 0. The van der Waals surface area contributed by atoms with Crippen LogP contribution < -0.4 is 10.6 Å². The lowest BCUT2D eigenvalue weighted by Gasteiger charge is -2.10. The number of hydrogen-bond donors (Lipinski definition) is 2. The van der Waals surface area contributed by atoms with Crippen molar-refractivity contribution in [3.05, 3.63) is 41.6 Å². The quantitative estimate of drug-likeness (QED) is 0.890. The van der Waals surface area contributed by atoms with Crippen molar-refractivity contribution in [2.24, 2.45) is 0 Å². The van der Waals surface area contributed by atoms with E-state index in [0.29, 0.717) is 24.0 Å². The molecule has 100 valence electrons. The molecule has 0 aliphatic heterocycles. The molecule has 1 heterocycles. The molecule has 2 rings (SSSR count). The van der Waals surface area contributed by atoms with Crippen molar-refractivity contribution in [2.45, 2.75) is 13.8 Å². The number of nitrogens with one attached hydrogen (secondary N) is 2. The monoisotopic (exact) mass is 264 g/mol. The number of aryl methyl sites for hydroxylation is 1. The van der Waals surface area contributed by atoms with Crippen molar-refractivity contribution < 1.29 is 8.78 Å². The van der Waals surface area contributed by atoms with Crippen LogP contribution in [-0.4, -0.2) is 16.5 Å². The van der Waals surface area contributed by atoms with Gasteiger partial charge in [0.15, 0.2) is 11.6 Å². The minimum absolute atomic E-state index is 0.433. The second-order valence-electron chi connectivity index (χ2n) is 4.01. The summed E-state index contributed by atoms with van der Waals surface area (Å²) >= 11 is 0. The molecule has 0 fully saturated rings. The van der Waals surface area contributed by atoms with Crippen molar-refractivity contribution >= 4 is 17.5 Å². The van der Waals surface area contributed by atoms with Crippen LogP contribution in [0.3, 0.4) is 0 Å². The van der Waals surface area contributed by atoms with E-state index in [0.717, 1.165) is 17.7 Å². The van der Waals surface area contributed by atoms with Gasteiger partial charge in [-0.3, -0.25) is 0 Å². The molecule has 2 aromatic rings. The van der Waals surface area contributed by atoms with E-state index in [1.165, 1.54) is 6.07 Å². The topological polar surface area (TPSA) is 49.8 Å². The van der Waals surface area contributed by atoms with Gasteiger partial charge in [-0.2, -0.15) is 4.98 Å². The Balaban J connectivity index is 2.26. The van der Waals surface area contributed by atoms with Crippen LogP contribution in [0.25, 0.3) is 0 Å². The molecular formula is C13H14F2N4. The minimum atomic E-state index is -0.899. The zero-order chi connectivity index (χ0) is 13.8. The van der Waals surface area contributed by atoms with Crippen LogP contribution in [0.2, 0.25) is 0 Å². The van der Waals surface area contributed by atoms with Crippen molar-refractivity contribution in [3.63, 3.8) is 0 Å². The molecule has 0 spiro atoms. The largest absolute Gasteiger partial charge is 0.354 e. The van der Waals surface area contributed by atoms with E-state index < -0.39 is 11.6 Å². The number of hydrogen-bond acceptors (Lipinski definition) is 4. The number of benzene rings is 1. The van der Waals surface area contributed by atoms with Gasteiger partial charge in [0.25, 0.3) is 0 Å². The SMILES string of the molecule is CCNc1ncc(C)c(Nc2ccc(F)c(F)c2)n1. The van der Waals surface area contributed by atoms with Crippen LogP contribution in [0.4, 0.5) is 26.2 Å². The number of anilines is 3. The molecule has 0 bridgehead atoms. The normalized spacial score (nSPS) is 10.3. The molecule has 0 aliphatic carbocycles. The molecular weight excluding hydrogens is 250 g/mol. The van der Waals surface area contributed by atoms with Crippen LogP contribution in [0.15, 0.2) is 24.4 Å². The van der Waals surface area contributed by atoms with Gasteiger partial charge in [-0.15, -0.1) is 0 Å². The van der Waals surface area contributed by atoms with Gasteiger partial charge in [-0.05, 0) is 26.0 Å².